The lowest BCUT2D eigenvalue weighted by atomic mass is 9.95. The van der Waals surface area contributed by atoms with Crippen LogP contribution in [0.15, 0.2) is 0 Å². The summed E-state index contributed by atoms with van der Waals surface area (Å²) in [6.07, 6.45) is 2.58. The van der Waals surface area contributed by atoms with Crippen molar-refractivity contribution < 1.29 is 23.1 Å². The van der Waals surface area contributed by atoms with E-state index in [0.29, 0.717) is 6.42 Å². The van der Waals surface area contributed by atoms with Crippen LogP contribution in [-0.4, -0.2) is 67.5 Å². The highest BCUT2D eigenvalue weighted by atomic mass is 32.2. The zero-order valence-corrected chi connectivity index (χ0v) is 12.8. The topological polar surface area (TPSA) is 104 Å². The summed E-state index contributed by atoms with van der Waals surface area (Å²) >= 11 is 0. The van der Waals surface area contributed by atoms with E-state index in [9.17, 15) is 18.0 Å². The third kappa shape index (κ3) is 4.67. The smallest absolute Gasteiger partial charge is 0.323 e. The lowest BCUT2D eigenvalue weighted by Crippen LogP contribution is -2.45. The average molecular weight is 318 g/mol. The molecule has 2 fully saturated rings. The van der Waals surface area contributed by atoms with E-state index in [1.165, 1.54) is 4.90 Å². The minimum absolute atomic E-state index is 0.0338. The molecule has 0 aromatic rings. The number of carboxylic acids is 1. The highest BCUT2D eigenvalue weighted by molar-refractivity contribution is 7.91. The summed E-state index contributed by atoms with van der Waals surface area (Å²) in [5, 5.41) is 12.2. The molecule has 0 bridgehead atoms. The van der Waals surface area contributed by atoms with Crippen LogP contribution in [0.3, 0.4) is 0 Å². The van der Waals surface area contributed by atoms with Crippen molar-refractivity contribution >= 4 is 21.7 Å². The van der Waals surface area contributed by atoms with E-state index < -0.39 is 28.4 Å². The molecule has 120 valence electrons. The molecule has 0 spiro atoms. The van der Waals surface area contributed by atoms with Gasteiger partial charge in [-0.25, -0.2) is 8.42 Å². The van der Waals surface area contributed by atoms with Gasteiger partial charge in [0.25, 0.3) is 0 Å². The Balaban J connectivity index is 2.01. The van der Waals surface area contributed by atoms with E-state index >= 15 is 0 Å². The molecule has 2 aliphatic heterocycles. The molecule has 0 aromatic heterocycles. The van der Waals surface area contributed by atoms with Crippen LogP contribution >= 0.6 is 0 Å². The standard InChI is InChI=1S/C13H22N2O5S/c16-12(6-10-2-1-4-14-7-10)15(8-13(17)18)11-3-5-21(19,20)9-11/h10-11,14H,1-9H2,(H,17,18). The van der Waals surface area contributed by atoms with Gasteiger partial charge in [0.15, 0.2) is 9.84 Å². The first-order valence-corrected chi connectivity index (χ1v) is 9.12. The Morgan fingerprint density at radius 3 is 2.57 bits per heavy atom. The van der Waals surface area contributed by atoms with Gasteiger partial charge < -0.3 is 15.3 Å². The van der Waals surface area contributed by atoms with Crippen LogP contribution in [0.25, 0.3) is 0 Å². The molecule has 2 heterocycles. The summed E-state index contributed by atoms with van der Waals surface area (Å²) in [5.41, 5.74) is 0. The molecule has 1 amide bonds. The largest absolute Gasteiger partial charge is 0.480 e. The van der Waals surface area contributed by atoms with Crippen molar-refractivity contribution in [3.63, 3.8) is 0 Å². The maximum absolute atomic E-state index is 12.4. The van der Waals surface area contributed by atoms with Gasteiger partial charge in [-0.2, -0.15) is 0 Å². The minimum atomic E-state index is -3.14. The fraction of sp³-hybridized carbons (Fsp3) is 0.846. The van der Waals surface area contributed by atoms with Gasteiger partial charge in [0, 0.05) is 12.5 Å². The third-order valence-corrected chi connectivity index (χ3v) is 5.89. The number of hydrogen-bond donors (Lipinski definition) is 2. The third-order valence-electron chi connectivity index (χ3n) is 4.14. The quantitative estimate of drug-likeness (QED) is 0.707. The van der Waals surface area contributed by atoms with Gasteiger partial charge in [-0.1, -0.05) is 0 Å². The molecular weight excluding hydrogens is 296 g/mol. The number of rotatable bonds is 5. The van der Waals surface area contributed by atoms with Gasteiger partial charge in [0.1, 0.15) is 6.54 Å². The van der Waals surface area contributed by atoms with Crippen LogP contribution in [0.2, 0.25) is 0 Å². The van der Waals surface area contributed by atoms with E-state index in [1.807, 2.05) is 0 Å². The molecule has 2 rings (SSSR count). The first-order valence-electron chi connectivity index (χ1n) is 7.30. The number of nitrogens with one attached hydrogen (secondary N) is 1. The molecule has 0 aromatic carbocycles. The van der Waals surface area contributed by atoms with Crippen LogP contribution in [0.4, 0.5) is 0 Å². The van der Waals surface area contributed by atoms with Crippen molar-refractivity contribution in [2.75, 3.05) is 31.1 Å². The van der Waals surface area contributed by atoms with E-state index in [1.54, 1.807) is 0 Å². The summed E-state index contributed by atoms with van der Waals surface area (Å²) in [6.45, 7) is 1.29. The molecule has 2 unspecified atom stereocenters. The molecule has 0 radical (unpaired) electrons. The maximum atomic E-state index is 12.4. The van der Waals surface area contributed by atoms with Gasteiger partial charge in [0.2, 0.25) is 5.91 Å². The predicted molar refractivity (Wildman–Crippen MR) is 76.6 cm³/mol. The molecule has 2 N–H and O–H groups in total. The molecule has 21 heavy (non-hydrogen) atoms. The normalized spacial score (nSPS) is 28.2. The number of carbonyl (C=O) groups excluding carboxylic acids is 1. The number of nitrogens with zero attached hydrogens (tertiary/aromatic N) is 1. The van der Waals surface area contributed by atoms with E-state index in [2.05, 4.69) is 5.32 Å². The number of carboxylic acid groups (broad SMARTS) is 1. The molecule has 0 aliphatic carbocycles. The van der Waals surface area contributed by atoms with Crippen molar-refractivity contribution in [2.24, 2.45) is 5.92 Å². The second-order valence-electron chi connectivity index (χ2n) is 5.89. The molecule has 2 saturated heterocycles. The Bertz CT molecular complexity index is 499. The summed E-state index contributed by atoms with van der Waals surface area (Å²) in [5.74, 6) is -1.22. The summed E-state index contributed by atoms with van der Waals surface area (Å²) in [6, 6.07) is -0.491. The maximum Gasteiger partial charge on any atom is 0.323 e. The molecule has 2 aliphatic rings. The number of carbonyl (C=O) groups is 2. The highest BCUT2D eigenvalue weighted by Gasteiger charge is 2.36. The fourth-order valence-corrected chi connectivity index (χ4v) is 4.78. The Morgan fingerprint density at radius 1 is 1.29 bits per heavy atom. The van der Waals surface area contributed by atoms with Crippen LogP contribution in [0.5, 0.6) is 0 Å². The number of hydrogen-bond acceptors (Lipinski definition) is 5. The SMILES string of the molecule is O=C(O)CN(C(=O)CC1CCCNC1)C1CCS(=O)(=O)C1. The van der Waals surface area contributed by atoms with Crippen molar-refractivity contribution in [2.45, 2.75) is 31.7 Å². The van der Waals surface area contributed by atoms with Crippen molar-refractivity contribution in [1.29, 1.82) is 0 Å². The summed E-state index contributed by atoms with van der Waals surface area (Å²) < 4.78 is 23.1. The van der Waals surface area contributed by atoms with Crippen molar-refractivity contribution in [3.8, 4) is 0 Å². The van der Waals surface area contributed by atoms with E-state index in [-0.39, 0.29) is 29.8 Å². The van der Waals surface area contributed by atoms with E-state index in [0.717, 1.165) is 25.9 Å². The van der Waals surface area contributed by atoms with Gasteiger partial charge in [-0.15, -0.1) is 0 Å². The second kappa shape index (κ2) is 6.74. The zero-order valence-electron chi connectivity index (χ0n) is 12.0. The number of amides is 1. The van der Waals surface area contributed by atoms with Gasteiger partial charge in [-0.05, 0) is 38.3 Å². The average Bonchev–Trinajstić information content (AvgIpc) is 2.77. The Morgan fingerprint density at radius 2 is 2.05 bits per heavy atom. The molecule has 7 nitrogen and oxygen atoms in total. The minimum Gasteiger partial charge on any atom is -0.480 e. The Labute approximate surface area is 124 Å². The highest BCUT2D eigenvalue weighted by Crippen LogP contribution is 2.21. The molecule has 2 atom stereocenters. The molecule has 8 heteroatoms. The van der Waals surface area contributed by atoms with Crippen LogP contribution < -0.4 is 5.32 Å². The van der Waals surface area contributed by atoms with Crippen LogP contribution in [0, 0.1) is 5.92 Å². The van der Waals surface area contributed by atoms with Crippen LogP contribution in [0.1, 0.15) is 25.7 Å². The predicted octanol–water partition coefficient (Wildman–Crippen LogP) is -0.524. The lowest BCUT2D eigenvalue weighted by Gasteiger charge is -2.29. The molecular formula is C13H22N2O5S. The number of aliphatic carboxylic acids is 1. The Kier molecular flexibility index (Phi) is 5.21. The monoisotopic (exact) mass is 318 g/mol. The van der Waals surface area contributed by atoms with Gasteiger partial charge in [0.05, 0.1) is 11.5 Å². The number of piperidine rings is 1. The van der Waals surface area contributed by atoms with Crippen molar-refractivity contribution in [3.05, 3.63) is 0 Å². The Hall–Kier alpha value is -1.15. The van der Waals surface area contributed by atoms with Crippen LogP contribution in [-0.2, 0) is 19.4 Å². The first kappa shape index (κ1) is 16.2. The molecule has 0 saturated carbocycles. The van der Waals surface area contributed by atoms with Gasteiger partial charge >= 0.3 is 5.97 Å². The fourth-order valence-electron chi connectivity index (χ4n) is 3.05. The second-order valence-corrected chi connectivity index (χ2v) is 8.12. The number of sulfone groups is 1. The van der Waals surface area contributed by atoms with Gasteiger partial charge in [-0.3, -0.25) is 9.59 Å². The van der Waals surface area contributed by atoms with Crippen molar-refractivity contribution in [1.82, 2.24) is 10.2 Å². The first-order chi connectivity index (χ1) is 9.87. The lowest BCUT2D eigenvalue weighted by molar-refractivity contribution is -0.146. The van der Waals surface area contributed by atoms with E-state index in [4.69, 9.17) is 5.11 Å². The summed E-state index contributed by atoms with van der Waals surface area (Å²) in [7, 11) is -3.14. The zero-order chi connectivity index (χ0) is 15.5. The summed E-state index contributed by atoms with van der Waals surface area (Å²) in [4.78, 5) is 24.6.